The Kier molecular flexibility index (Phi) is 1.59. The van der Waals surface area contributed by atoms with E-state index in [1.165, 1.54) is 0 Å². The van der Waals surface area contributed by atoms with Crippen LogP contribution in [-0.2, 0) is 6.42 Å². The number of hydrogen-bond donors (Lipinski definition) is 0. The summed E-state index contributed by atoms with van der Waals surface area (Å²) in [6.45, 7) is 3.60. The van der Waals surface area contributed by atoms with E-state index in [1.54, 1.807) is 13.0 Å². The number of benzene rings is 1. The molecule has 0 bridgehead atoms. The van der Waals surface area contributed by atoms with Crippen molar-refractivity contribution in [1.82, 2.24) is 0 Å². The highest BCUT2D eigenvalue weighted by molar-refractivity contribution is 5.48. The zero-order valence-electron chi connectivity index (χ0n) is 7.53. The van der Waals surface area contributed by atoms with Gasteiger partial charge in [0.25, 0.3) is 0 Å². The Morgan fingerprint density at radius 1 is 1.23 bits per heavy atom. The lowest BCUT2D eigenvalue weighted by atomic mass is 10.0. The molecule has 0 saturated heterocycles. The van der Waals surface area contributed by atoms with Gasteiger partial charge in [0.1, 0.15) is 5.75 Å². The van der Waals surface area contributed by atoms with Gasteiger partial charge in [-0.3, -0.25) is 0 Å². The molecule has 0 N–H and O–H groups in total. The maximum absolute atomic E-state index is 12.9. The Bertz CT molecular complexity index is 325. The summed E-state index contributed by atoms with van der Waals surface area (Å²) in [5.74, 6) is 0.366. The fraction of sp³-hybridized carbons (Fsp3) is 0.400. The van der Waals surface area contributed by atoms with Gasteiger partial charge in [-0.1, -0.05) is 12.1 Å². The van der Waals surface area contributed by atoms with Gasteiger partial charge in [0.15, 0.2) is 0 Å². The van der Waals surface area contributed by atoms with E-state index in [4.69, 9.17) is 0 Å². The minimum atomic E-state index is -3.01. The van der Waals surface area contributed by atoms with Crippen LogP contribution in [0.3, 0.4) is 0 Å². The molecular weight excluding hydrogens is 174 g/mol. The number of rotatable bonds is 0. The summed E-state index contributed by atoms with van der Waals surface area (Å²) in [6.07, 6.45) is -3.31. The fourth-order valence-electron chi connectivity index (χ4n) is 1.60. The molecule has 1 aliphatic rings. The Hall–Kier alpha value is -1.12. The zero-order chi connectivity index (χ0) is 9.64. The molecule has 3 heteroatoms. The van der Waals surface area contributed by atoms with E-state index in [-0.39, 0.29) is 6.42 Å². The summed E-state index contributed by atoms with van der Waals surface area (Å²) < 4.78 is 30.3. The third kappa shape index (κ3) is 1.28. The first-order valence-electron chi connectivity index (χ1n) is 4.15. The Balaban J connectivity index is 2.56. The van der Waals surface area contributed by atoms with Gasteiger partial charge in [-0.15, -0.1) is 0 Å². The molecule has 0 aliphatic carbocycles. The molecule has 1 aromatic carbocycles. The van der Waals surface area contributed by atoms with E-state index in [1.807, 2.05) is 13.0 Å². The fourth-order valence-corrected chi connectivity index (χ4v) is 1.60. The molecule has 1 aliphatic heterocycles. The first kappa shape index (κ1) is 8.48. The van der Waals surface area contributed by atoms with Crippen LogP contribution in [0.1, 0.15) is 16.7 Å². The molecule has 1 aromatic rings. The van der Waals surface area contributed by atoms with Gasteiger partial charge in [-0.05, 0) is 25.0 Å². The van der Waals surface area contributed by atoms with E-state index in [2.05, 4.69) is 4.74 Å². The molecule has 0 unspecified atom stereocenters. The van der Waals surface area contributed by atoms with Gasteiger partial charge < -0.3 is 4.74 Å². The van der Waals surface area contributed by atoms with E-state index in [9.17, 15) is 8.78 Å². The third-order valence-corrected chi connectivity index (χ3v) is 2.33. The first-order chi connectivity index (χ1) is 5.99. The molecule has 0 saturated carbocycles. The predicted octanol–water partition coefficient (Wildman–Crippen LogP) is 2.83. The highest BCUT2D eigenvalue weighted by atomic mass is 19.3. The van der Waals surface area contributed by atoms with Crippen LogP contribution in [0.15, 0.2) is 12.1 Å². The molecule has 0 spiro atoms. The summed E-state index contributed by atoms with van der Waals surface area (Å²) in [7, 11) is 0. The Morgan fingerprint density at radius 3 is 2.46 bits per heavy atom. The van der Waals surface area contributed by atoms with Crippen molar-refractivity contribution in [2.24, 2.45) is 0 Å². The lowest BCUT2D eigenvalue weighted by Crippen LogP contribution is -2.20. The lowest BCUT2D eigenvalue weighted by Gasteiger charge is -2.08. The maximum atomic E-state index is 12.9. The van der Waals surface area contributed by atoms with Gasteiger partial charge >= 0.3 is 6.11 Å². The van der Waals surface area contributed by atoms with Crippen LogP contribution in [0.4, 0.5) is 8.78 Å². The van der Waals surface area contributed by atoms with Crippen LogP contribution in [-0.4, -0.2) is 6.11 Å². The second-order valence-corrected chi connectivity index (χ2v) is 3.42. The van der Waals surface area contributed by atoms with Crippen molar-refractivity contribution in [3.05, 3.63) is 28.8 Å². The number of aryl methyl sites for hydroxylation is 2. The second kappa shape index (κ2) is 2.44. The number of fused-ring (bicyclic) bond motifs is 1. The van der Waals surface area contributed by atoms with Gasteiger partial charge in [-0.2, -0.15) is 8.78 Å². The monoisotopic (exact) mass is 184 g/mol. The molecule has 0 amide bonds. The van der Waals surface area contributed by atoms with E-state index in [0.717, 1.165) is 11.1 Å². The van der Waals surface area contributed by atoms with Gasteiger partial charge in [0, 0.05) is 5.56 Å². The molecule has 70 valence electrons. The summed E-state index contributed by atoms with van der Waals surface area (Å²) in [5.41, 5.74) is 2.29. The minimum absolute atomic E-state index is 0.296. The smallest absolute Gasteiger partial charge is 0.402 e. The summed E-state index contributed by atoms with van der Waals surface area (Å²) >= 11 is 0. The first-order valence-corrected chi connectivity index (χ1v) is 4.15. The van der Waals surface area contributed by atoms with Crippen molar-refractivity contribution in [2.75, 3.05) is 0 Å². The van der Waals surface area contributed by atoms with Crippen molar-refractivity contribution in [3.63, 3.8) is 0 Å². The van der Waals surface area contributed by atoms with Crippen LogP contribution in [0.25, 0.3) is 0 Å². The summed E-state index contributed by atoms with van der Waals surface area (Å²) in [5, 5.41) is 0. The normalized spacial score (nSPS) is 18.2. The average Bonchev–Trinajstić information content (AvgIpc) is 2.35. The minimum Gasteiger partial charge on any atom is -0.432 e. The second-order valence-electron chi connectivity index (χ2n) is 3.42. The van der Waals surface area contributed by atoms with Gasteiger partial charge in [-0.25, -0.2) is 0 Å². The Morgan fingerprint density at radius 2 is 1.85 bits per heavy atom. The zero-order valence-corrected chi connectivity index (χ0v) is 7.53. The van der Waals surface area contributed by atoms with Crippen LogP contribution >= 0.6 is 0 Å². The maximum Gasteiger partial charge on any atom is 0.402 e. The number of halogens is 2. The van der Waals surface area contributed by atoms with Gasteiger partial charge in [0.2, 0.25) is 0 Å². The molecule has 13 heavy (non-hydrogen) atoms. The quantitative estimate of drug-likeness (QED) is 0.602. The molecule has 0 fully saturated rings. The van der Waals surface area contributed by atoms with Crippen LogP contribution in [0, 0.1) is 13.8 Å². The number of hydrogen-bond acceptors (Lipinski definition) is 1. The number of ether oxygens (including phenoxy) is 1. The van der Waals surface area contributed by atoms with Crippen molar-refractivity contribution in [2.45, 2.75) is 26.4 Å². The molecule has 2 rings (SSSR count). The van der Waals surface area contributed by atoms with E-state index < -0.39 is 6.11 Å². The largest absolute Gasteiger partial charge is 0.432 e. The summed E-state index contributed by atoms with van der Waals surface area (Å²) in [4.78, 5) is 0. The number of alkyl halides is 2. The van der Waals surface area contributed by atoms with E-state index >= 15 is 0 Å². The highest BCUT2D eigenvalue weighted by Gasteiger charge is 2.41. The van der Waals surface area contributed by atoms with Crippen LogP contribution in [0.2, 0.25) is 0 Å². The van der Waals surface area contributed by atoms with E-state index in [0.29, 0.717) is 11.3 Å². The van der Waals surface area contributed by atoms with Crippen molar-refractivity contribution >= 4 is 0 Å². The van der Waals surface area contributed by atoms with Crippen LogP contribution in [0.5, 0.6) is 5.75 Å². The van der Waals surface area contributed by atoms with Crippen molar-refractivity contribution < 1.29 is 13.5 Å². The Labute approximate surface area is 75.3 Å². The molecule has 1 nitrogen and oxygen atoms in total. The standard InChI is InChI=1S/C10H10F2O/c1-6-3-4-7(2)9-8(6)5-10(11,12)13-9/h3-4H,5H2,1-2H3. The third-order valence-electron chi connectivity index (χ3n) is 2.33. The SMILES string of the molecule is Cc1ccc(C)c2c1CC(F)(F)O2. The molecule has 0 atom stereocenters. The van der Waals surface area contributed by atoms with Crippen molar-refractivity contribution in [3.8, 4) is 5.75 Å². The molecule has 1 heterocycles. The average molecular weight is 184 g/mol. The van der Waals surface area contributed by atoms with Crippen molar-refractivity contribution in [1.29, 1.82) is 0 Å². The topological polar surface area (TPSA) is 9.23 Å². The molecular formula is C10H10F2O. The predicted molar refractivity (Wildman–Crippen MR) is 45.2 cm³/mol. The molecule has 0 aromatic heterocycles. The lowest BCUT2D eigenvalue weighted by molar-refractivity contribution is -0.159. The molecule has 0 radical (unpaired) electrons. The van der Waals surface area contributed by atoms with Gasteiger partial charge in [0.05, 0.1) is 6.42 Å². The summed E-state index contributed by atoms with van der Waals surface area (Å²) in [6, 6.07) is 3.65. The van der Waals surface area contributed by atoms with Crippen LogP contribution < -0.4 is 4.74 Å². The highest BCUT2D eigenvalue weighted by Crippen LogP contribution is 2.40.